The second kappa shape index (κ2) is 9.85. The fourth-order valence-corrected chi connectivity index (χ4v) is 3.09. The third kappa shape index (κ3) is 5.25. The van der Waals surface area contributed by atoms with Crippen molar-refractivity contribution in [2.75, 3.05) is 26.2 Å². The number of hydrogen-bond donors (Lipinski definition) is 2. The Kier molecular flexibility index (Phi) is 9.81. The Labute approximate surface area is 146 Å². The number of aromatic hydroxyl groups is 1. The van der Waals surface area contributed by atoms with Crippen LogP contribution < -0.4 is 5.32 Å². The van der Waals surface area contributed by atoms with Gasteiger partial charge in [-0.25, -0.2) is 4.39 Å². The molecule has 2 N–H and O–H groups in total. The van der Waals surface area contributed by atoms with E-state index in [4.69, 9.17) is 0 Å². The molecule has 0 aromatic heterocycles. The summed E-state index contributed by atoms with van der Waals surface area (Å²) in [4.78, 5) is 2.32. The van der Waals surface area contributed by atoms with Gasteiger partial charge >= 0.3 is 0 Å². The molecule has 1 aliphatic rings. The monoisotopic (exact) mass is 402 g/mol. The Bertz CT molecular complexity index is 445. The van der Waals surface area contributed by atoms with Gasteiger partial charge in [0, 0.05) is 42.3 Å². The van der Waals surface area contributed by atoms with Crippen LogP contribution in [-0.4, -0.2) is 36.2 Å². The first-order valence-electron chi connectivity index (χ1n) is 6.76. The van der Waals surface area contributed by atoms with Crippen molar-refractivity contribution in [1.82, 2.24) is 10.2 Å². The van der Waals surface area contributed by atoms with Gasteiger partial charge in [-0.15, -0.1) is 24.8 Å². The smallest absolute Gasteiger partial charge is 0.166 e. The molecular weight excluding hydrogens is 382 g/mol. The third-order valence-corrected chi connectivity index (χ3v) is 4.03. The van der Waals surface area contributed by atoms with Crippen LogP contribution in [0.2, 0.25) is 0 Å². The van der Waals surface area contributed by atoms with Gasteiger partial charge in [-0.05, 0) is 18.6 Å². The van der Waals surface area contributed by atoms with E-state index < -0.39 is 5.82 Å². The molecule has 0 radical (unpaired) electrons. The van der Waals surface area contributed by atoms with Crippen LogP contribution in [0, 0.1) is 5.82 Å². The van der Waals surface area contributed by atoms with E-state index in [1.54, 1.807) is 0 Å². The van der Waals surface area contributed by atoms with Gasteiger partial charge in [0.05, 0.1) is 0 Å². The fraction of sp³-hybridized carbons (Fsp3) is 0.571. The molecule has 122 valence electrons. The number of piperazine rings is 1. The molecule has 21 heavy (non-hydrogen) atoms. The summed E-state index contributed by atoms with van der Waals surface area (Å²) >= 11 is 3.31. The van der Waals surface area contributed by atoms with Crippen molar-refractivity contribution < 1.29 is 9.50 Å². The number of rotatable bonds is 4. The molecule has 1 saturated heterocycles. The zero-order valence-corrected chi connectivity index (χ0v) is 15.2. The Morgan fingerprint density at radius 2 is 1.95 bits per heavy atom. The van der Waals surface area contributed by atoms with E-state index in [0.717, 1.165) is 39.0 Å². The van der Waals surface area contributed by atoms with Crippen LogP contribution in [0.15, 0.2) is 16.6 Å². The van der Waals surface area contributed by atoms with Gasteiger partial charge in [-0.1, -0.05) is 29.3 Å². The first kappa shape index (κ1) is 20.9. The van der Waals surface area contributed by atoms with Crippen molar-refractivity contribution in [3.8, 4) is 5.75 Å². The maximum atomic E-state index is 13.7. The molecule has 2 rings (SSSR count). The lowest BCUT2D eigenvalue weighted by atomic mass is 9.98. The van der Waals surface area contributed by atoms with Crippen molar-refractivity contribution in [3.05, 3.63) is 28.0 Å². The number of phenolic OH excluding ortho intramolecular Hbond substituents is 1. The fourth-order valence-electron chi connectivity index (χ4n) is 2.64. The SMILES string of the molecule is CCC[C@H](c1cc(Br)cc(F)c1O)N1CCNCC1.Cl.Cl. The van der Waals surface area contributed by atoms with Gasteiger partial charge in [0.15, 0.2) is 11.6 Å². The van der Waals surface area contributed by atoms with Crippen LogP contribution in [0.4, 0.5) is 4.39 Å². The highest BCUT2D eigenvalue weighted by atomic mass is 79.9. The summed E-state index contributed by atoms with van der Waals surface area (Å²) in [5.74, 6) is -0.763. The second-order valence-electron chi connectivity index (χ2n) is 4.92. The first-order chi connectivity index (χ1) is 9.13. The summed E-state index contributed by atoms with van der Waals surface area (Å²) in [7, 11) is 0. The van der Waals surface area contributed by atoms with Gasteiger partial charge in [-0.2, -0.15) is 0 Å². The minimum absolute atomic E-state index is 0. The van der Waals surface area contributed by atoms with Crippen LogP contribution in [-0.2, 0) is 0 Å². The molecule has 0 bridgehead atoms. The van der Waals surface area contributed by atoms with Crippen molar-refractivity contribution in [3.63, 3.8) is 0 Å². The maximum absolute atomic E-state index is 13.7. The Morgan fingerprint density at radius 1 is 1.33 bits per heavy atom. The maximum Gasteiger partial charge on any atom is 0.166 e. The summed E-state index contributed by atoms with van der Waals surface area (Å²) in [6, 6.07) is 3.22. The first-order valence-corrected chi connectivity index (χ1v) is 7.55. The van der Waals surface area contributed by atoms with Crippen LogP contribution >= 0.6 is 40.7 Å². The lowest BCUT2D eigenvalue weighted by molar-refractivity contribution is 0.161. The van der Waals surface area contributed by atoms with Crippen LogP contribution in [0.3, 0.4) is 0 Å². The number of halogens is 4. The molecule has 1 aromatic carbocycles. The Balaban J connectivity index is 0.00000200. The molecule has 3 nitrogen and oxygen atoms in total. The van der Waals surface area contributed by atoms with Crippen molar-refractivity contribution in [1.29, 1.82) is 0 Å². The molecule has 1 fully saturated rings. The lowest BCUT2D eigenvalue weighted by Gasteiger charge is -2.35. The second-order valence-corrected chi connectivity index (χ2v) is 5.83. The summed E-state index contributed by atoms with van der Waals surface area (Å²) < 4.78 is 14.4. The van der Waals surface area contributed by atoms with Crippen molar-refractivity contribution >= 4 is 40.7 Å². The minimum atomic E-state index is -0.555. The van der Waals surface area contributed by atoms with E-state index in [1.807, 2.05) is 6.07 Å². The summed E-state index contributed by atoms with van der Waals surface area (Å²) in [6.07, 6.45) is 1.92. The van der Waals surface area contributed by atoms with E-state index in [0.29, 0.717) is 10.0 Å². The largest absolute Gasteiger partial charge is 0.505 e. The average molecular weight is 404 g/mol. The number of phenols is 1. The number of nitrogens with zero attached hydrogens (tertiary/aromatic N) is 1. The number of nitrogens with one attached hydrogen (secondary N) is 1. The molecule has 1 heterocycles. The van der Waals surface area contributed by atoms with E-state index in [-0.39, 0.29) is 36.6 Å². The minimum Gasteiger partial charge on any atom is -0.505 e. The Morgan fingerprint density at radius 3 is 2.52 bits per heavy atom. The molecule has 0 unspecified atom stereocenters. The van der Waals surface area contributed by atoms with Gasteiger partial charge in [0.1, 0.15) is 0 Å². The zero-order valence-electron chi connectivity index (χ0n) is 11.9. The number of benzene rings is 1. The third-order valence-electron chi connectivity index (χ3n) is 3.57. The van der Waals surface area contributed by atoms with Crippen molar-refractivity contribution in [2.45, 2.75) is 25.8 Å². The van der Waals surface area contributed by atoms with Gasteiger partial charge in [0.25, 0.3) is 0 Å². The molecule has 0 spiro atoms. The highest BCUT2D eigenvalue weighted by Gasteiger charge is 2.25. The molecule has 0 saturated carbocycles. The standard InChI is InChI=1S/C14H20BrFN2O.2ClH/c1-2-3-13(18-6-4-17-5-7-18)11-8-10(15)9-12(16)14(11)19;;/h8-9,13,17,19H,2-7H2,1H3;2*1H/t13-;;/m1../s1. The molecule has 0 amide bonds. The Hall–Kier alpha value is -0.0700. The van der Waals surface area contributed by atoms with Crippen LogP contribution in [0.25, 0.3) is 0 Å². The molecule has 0 aliphatic carbocycles. The summed E-state index contributed by atoms with van der Waals surface area (Å²) in [5.41, 5.74) is 0.690. The summed E-state index contributed by atoms with van der Waals surface area (Å²) in [6.45, 7) is 5.85. The van der Waals surface area contributed by atoms with Gasteiger partial charge < -0.3 is 10.4 Å². The van der Waals surface area contributed by atoms with E-state index in [2.05, 4.69) is 33.1 Å². The van der Waals surface area contributed by atoms with E-state index in [1.165, 1.54) is 6.07 Å². The van der Waals surface area contributed by atoms with E-state index in [9.17, 15) is 9.50 Å². The normalized spacial score (nSPS) is 16.7. The molecule has 1 atom stereocenters. The topological polar surface area (TPSA) is 35.5 Å². The molecule has 1 aliphatic heterocycles. The molecule has 1 aromatic rings. The van der Waals surface area contributed by atoms with Crippen LogP contribution in [0.5, 0.6) is 5.75 Å². The van der Waals surface area contributed by atoms with Crippen LogP contribution in [0.1, 0.15) is 31.4 Å². The van der Waals surface area contributed by atoms with E-state index >= 15 is 0 Å². The highest BCUT2D eigenvalue weighted by Crippen LogP contribution is 2.36. The van der Waals surface area contributed by atoms with Gasteiger partial charge in [0.2, 0.25) is 0 Å². The molecule has 7 heteroatoms. The predicted molar refractivity (Wildman–Crippen MR) is 92.4 cm³/mol. The molecular formula is C14H22BrCl2FN2O. The number of hydrogen-bond acceptors (Lipinski definition) is 3. The highest BCUT2D eigenvalue weighted by molar-refractivity contribution is 9.10. The average Bonchev–Trinajstić information content (AvgIpc) is 2.41. The zero-order chi connectivity index (χ0) is 13.8. The lowest BCUT2D eigenvalue weighted by Crippen LogP contribution is -2.45. The van der Waals surface area contributed by atoms with Gasteiger partial charge in [-0.3, -0.25) is 4.90 Å². The predicted octanol–water partition coefficient (Wildman–Crippen LogP) is 3.88. The van der Waals surface area contributed by atoms with Crippen molar-refractivity contribution in [2.24, 2.45) is 0 Å². The summed E-state index contributed by atoms with van der Waals surface area (Å²) in [5, 5.41) is 13.3. The quantitative estimate of drug-likeness (QED) is 0.800.